The van der Waals surface area contributed by atoms with Crippen molar-refractivity contribution in [1.29, 1.82) is 0 Å². The van der Waals surface area contributed by atoms with Crippen molar-refractivity contribution in [3.8, 4) is 0 Å². The smallest absolute Gasteiger partial charge is 0.309 e. The van der Waals surface area contributed by atoms with Gasteiger partial charge in [-0.25, -0.2) is 0 Å². The minimum Gasteiger partial charge on any atom is -0.469 e. The summed E-state index contributed by atoms with van der Waals surface area (Å²) in [6.07, 6.45) is 4.78. The summed E-state index contributed by atoms with van der Waals surface area (Å²) in [5.74, 6) is -1.43. The van der Waals surface area contributed by atoms with Gasteiger partial charge in [-0.15, -0.1) is 0 Å². The van der Waals surface area contributed by atoms with Crippen molar-refractivity contribution in [3.63, 3.8) is 0 Å². The highest BCUT2D eigenvalue weighted by Gasteiger charge is 2.46. The van der Waals surface area contributed by atoms with Crippen molar-refractivity contribution in [3.05, 3.63) is 23.3 Å². The number of fused-ring (bicyclic) bond motifs is 1. The van der Waals surface area contributed by atoms with Crippen LogP contribution in [0.15, 0.2) is 23.3 Å². The first kappa shape index (κ1) is 14.7. The first-order valence-corrected chi connectivity index (χ1v) is 6.89. The predicted molar refractivity (Wildman–Crippen MR) is 73.9 cm³/mol. The van der Waals surface area contributed by atoms with E-state index in [4.69, 9.17) is 4.74 Å². The zero-order valence-electron chi connectivity index (χ0n) is 12.4. The molecule has 0 aromatic rings. The molecule has 3 atom stereocenters. The molecule has 4 heteroatoms. The molecule has 0 radical (unpaired) electrons. The first-order valence-electron chi connectivity index (χ1n) is 6.89. The van der Waals surface area contributed by atoms with Gasteiger partial charge in [0.1, 0.15) is 0 Å². The molecule has 2 rings (SSSR count). The molecule has 20 heavy (non-hydrogen) atoms. The lowest BCUT2D eigenvalue weighted by molar-refractivity contribution is -0.149. The van der Waals surface area contributed by atoms with Gasteiger partial charge >= 0.3 is 5.97 Å². The average molecular weight is 276 g/mol. The maximum Gasteiger partial charge on any atom is 0.309 e. The second-order valence-corrected chi connectivity index (χ2v) is 5.94. The van der Waals surface area contributed by atoms with Crippen molar-refractivity contribution >= 4 is 17.5 Å². The lowest BCUT2D eigenvalue weighted by Gasteiger charge is -2.40. The third-order valence-electron chi connectivity index (χ3n) is 4.65. The summed E-state index contributed by atoms with van der Waals surface area (Å²) in [7, 11) is 1.33. The highest BCUT2D eigenvalue weighted by atomic mass is 16.5. The summed E-state index contributed by atoms with van der Waals surface area (Å²) in [6.45, 7) is 5.39. The van der Waals surface area contributed by atoms with Crippen LogP contribution in [-0.2, 0) is 19.1 Å². The van der Waals surface area contributed by atoms with Gasteiger partial charge in [-0.05, 0) is 25.8 Å². The second-order valence-electron chi connectivity index (χ2n) is 5.94. The van der Waals surface area contributed by atoms with Crippen LogP contribution in [0.3, 0.4) is 0 Å². The SMILES string of the molecule is COC(=O)[C@H](C)[C@H]1CC[C@]2(C)C=CC(=O)C(C)=C2C1=O. The molecule has 0 saturated heterocycles. The van der Waals surface area contributed by atoms with E-state index in [2.05, 4.69) is 0 Å². The van der Waals surface area contributed by atoms with Gasteiger partial charge in [0, 0.05) is 22.5 Å². The largest absolute Gasteiger partial charge is 0.469 e. The Morgan fingerprint density at radius 3 is 2.70 bits per heavy atom. The van der Waals surface area contributed by atoms with E-state index in [0.29, 0.717) is 17.6 Å². The zero-order valence-corrected chi connectivity index (χ0v) is 12.4. The normalized spacial score (nSPS) is 31.1. The van der Waals surface area contributed by atoms with Crippen molar-refractivity contribution < 1.29 is 19.1 Å². The van der Waals surface area contributed by atoms with Gasteiger partial charge in [0.2, 0.25) is 0 Å². The third-order valence-corrected chi connectivity index (χ3v) is 4.65. The molecular weight excluding hydrogens is 256 g/mol. The number of esters is 1. The fourth-order valence-corrected chi connectivity index (χ4v) is 3.29. The molecule has 0 aliphatic heterocycles. The fraction of sp³-hybridized carbons (Fsp3) is 0.562. The van der Waals surface area contributed by atoms with Crippen molar-refractivity contribution in [2.24, 2.45) is 17.3 Å². The molecule has 0 spiro atoms. The maximum atomic E-state index is 12.7. The molecule has 2 aliphatic rings. The van der Waals surface area contributed by atoms with Gasteiger partial charge in [-0.1, -0.05) is 19.9 Å². The summed E-state index contributed by atoms with van der Waals surface area (Å²) in [5, 5.41) is 0. The van der Waals surface area contributed by atoms with Gasteiger partial charge in [0.15, 0.2) is 11.6 Å². The molecule has 1 fully saturated rings. The monoisotopic (exact) mass is 276 g/mol. The number of ether oxygens (including phenoxy) is 1. The Balaban J connectivity index is 2.39. The van der Waals surface area contributed by atoms with Gasteiger partial charge in [-0.3, -0.25) is 14.4 Å². The Morgan fingerprint density at radius 1 is 1.45 bits per heavy atom. The quantitative estimate of drug-likeness (QED) is 0.726. The Labute approximate surface area is 118 Å². The number of carbonyl (C=O) groups is 3. The summed E-state index contributed by atoms with van der Waals surface area (Å²) >= 11 is 0. The van der Waals surface area contributed by atoms with Crippen molar-refractivity contribution in [2.75, 3.05) is 7.11 Å². The van der Waals surface area contributed by atoms with Gasteiger partial charge in [-0.2, -0.15) is 0 Å². The average Bonchev–Trinajstić information content (AvgIpc) is 2.42. The number of rotatable bonds is 2. The summed E-state index contributed by atoms with van der Waals surface area (Å²) in [4.78, 5) is 36.2. The number of allylic oxidation sites excluding steroid dienone is 4. The van der Waals surface area contributed by atoms with E-state index in [9.17, 15) is 14.4 Å². The standard InChI is InChI=1S/C16H20O4/c1-9(15(19)20-4)11-5-7-16(3)8-6-12(17)10(2)13(16)14(11)18/h6,8-9,11H,5,7H2,1-4H3/t9-,11-,16-/m1/s1. The maximum absolute atomic E-state index is 12.7. The van der Waals surface area contributed by atoms with E-state index in [1.165, 1.54) is 7.11 Å². The highest BCUT2D eigenvalue weighted by Crippen LogP contribution is 2.47. The van der Waals surface area contributed by atoms with Crippen LogP contribution in [0.1, 0.15) is 33.6 Å². The van der Waals surface area contributed by atoms with Crippen LogP contribution in [0.5, 0.6) is 0 Å². The van der Waals surface area contributed by atoms with Crippen LogP contribution in [0.25, 0.3) is 0 Å². The number of ketones is 2. The molecule has 108 valence electrons. The third kappa shape index (κ3) is 2.13. The minimum atomic E-state index is -0.474. The van der Waals surface area contributed by atoms with Crippen LogP contribution >= 0.6 is 0 Å². The predicted octanol–water partition coefficient (Wildman–Crippen LogP) is 2.24. The van der Waals surface area contributed by atoms with Crippen LogP contribution in [0.4, 0.5) is 0 Å². The van der Waals surface area contributed by atoms with Gasteiger partial charge < -0.3 is 4.74 Å². The van der Waals surface area contributed by atoms with Crippen LogP contribution in [-0.4, -0.2) is 24.6 Å². The lowest BCUT2D eigenvalue weighted by Crippen LogP contribution is -2.41. The van der Waals surface area contributed by atoms with E-state index in [1.807, 2.05) is 13.0 Å². The molecular formula is C16H20O4. The minimum absolute atomic E-state index is 0.0770. The number of methoxy groups -OCH3 is 1. The number of hydrogen-bond donors (Lipinski definition) is 0. The molecule has 0 aromatic carbocycles. The van der Waals surface area contributed by atoms with Gasteiger partial charge in [0.25, 0.3) is 0 Å². The summed E-state index contributed by atoms with van der Waals surface area (Å²) in [6, 6.07) is 0. The molecule has 0 heterocycles. The molecule has 4 nitrogen and oxygen atoms in total. The fourth-order valence-electron chi connectivity index (χ4n) is 3.29. The number of Topliss-reactive ketones (excluding diaryl/α,β-unsaturated/α-hetero) is 1. The van der Waals surface area contributed by atoms with Crippen molar-refractivity contribution in [1.82, 2.24) is 0 Å². The van der Waals surface area contributed by atoms with Crippen LogP contribution in [0.2, 0.25) is 0 Å². The van der Waals surface area contributed by atoms with Crippen molar-refractivity contribution in [2.45, 2.75) is 33.6 Å². The second kappa shape index (κ2) is 5.00. The Morgan fingerprint density at radius 2 is 2.10 bits per heavy atom. The van der Waals surface area contributed by atoms with E-state index in [1.54, 1.807) is 19.9 Å². The first-order chi connectivity index (χ1) is 9.31. The number of hydrogen-bond acceptors (Lipinski definition) is 4. The molecule has 1 saturated carbocycles. The molecule has 0 N–H and O–H groups in total. The van der Waals surface area contributed by atoms with Crippen LogP contribution in [0, 0.1) is 17.3 Å². The Hall–Kier alpha value is -1.71. The number of carbonyl (C=O) groups excluding carboxylic acids is 3. The Bertz CT molecular complexity index is 541. The molecule has 0 unspecified atom stereocenters. The van der Waals surface area contributed by atoms with E-state index in [0.717, 1.165) is 6.42 Å². The molecule has 0 bridgehead atoms. The van der Waals surface area contributed by atoms with Crippen LogP contribution < -0.4 is 0 Å². The lowest BCUT2D eigenvalue weighted by atomic mass is 9.61. The van der Waals surface area contributed by atoms with Gasteiger partial charge in [0.05, 0.1) is 13.0 Å². The molecule has 0 aromatic heterocycles. The Kier molecular flexibility index (Phi) is 3.67. The zero-order chi connectivity index (χ0) is 15.1. The highest BCUT2D eigenvalue weighted by molar-refractivity contribution is 6.14. The summed E-state index contributed by atoms with van der Waals surface area (Å²) in [5.41, 5.74) is 0.722. The van der Waals surface area contributed by atoms with E-state index in [-0.39, 0.29) is 28.9 Å². The van der Waals surface area contributed by atoms with E-state index < -0.39 is 5.92 Å². The summed E-state index contributed by atoms with van der Waals surface area (Å²) < 4.78 is 4.73. The molecule has 0 amide bonds. The molecule has 2 aliphatic carbocycles. The topological polar surface area (TPSA) is 60.4 Å². The van der Waals surface area contributed by atoms with E-state index >= 15 is 0 Å².